The number of carbonyl (C=O) groups is 1. The molecule has 66 valence electrons. The first kappa shape index (κ1) is 8.77. The van der Waals surface area contributed by atoms with E-state index in [1.54, 1.807) is 17.8 Å². The van der Waals surface area contributed by atoms with Gasteiger partial charge in [-0.2, -0.15) is 0 Å². The van der Waals surface area contributed by atoms with Crippen molar-refractivity contribution in [2.45, 2.75) is 26.8 Å². The van der Waals surface area contributed by atoms with Gasteiger partial charge >= 0.3 is 5.97 Å². The molecule has 0 unspecified atom stereocenters. The van der Waals surface area contributed by atoms with Gasteiger partial charge in [0.15, 0.2) is 0 Å². The highest BCUT2D eigenvalue weighted by Gasteiger charge is 2.15. The summed E-state index contributed by atoms with van der Waals surface area (Å²) in [5.41, 5.74) is 1.79. The molecule has 1 aromatic rings. The van der Waals surface area contributed by atoms with Gasteiger partial charge in [-0.3, -0.25) is 0 Å². The van der Waals surface area contributed by atoms with Crippen LogP contribution >= 0.6 is 0 Å². The Morgan fingerprint density at radius 2 is 2.25 bits per heavy atom. The predicted molar refractivity (Wildman–Crippen MR) is 44.0 cm³/mol. The van der Waals surface area contributed by atoms with E-state index < -0.39 is 12.0 Å². The first-order chi connectivity index (χ1) is 5.54. The van der Waals surface area contributed by atoms with Crippen LogP contribution in [0.15, 0.2) is 6.33 Å². The van der Waals surface area contributed by atoms with E-state index in [1.165, 1.54) is 0 Å². The average Bonchev–Trinajstić information content (AvgIpc) is 2.32. The topological polar surface area (TPSA) is 55.1 Å². The van der Waals surface area contributed by atoms with E-state index in [0.717, 1.165) is 11.4 Å². The van der Waals surface area contributed by atoms with E-state index in [-0.39, 0.29) is 0 Å². The van der Waals surface area contributed by atoms with Gasteiger partial charge in [0.05, 0.1) is 12.0 Å². The zero-order valence-corrected chi connectivity index (χ0v) is 7.40. The van der Waals surface area contributed by atoms with Gasteiger partial charge in [-0.15, -0.1) is 0 Å². The number of nitrogens with zero attached hydrogens (tertiary/aromatic N) is 2. The molecule has 0 spiro atoms. The highest BCUT2D eigenvalue weighted by Crippen LogP contribution is 2.12. The summed E-state index contributed by atoms with van der Waals surface area (Å²) in [4.78, 5) is 14.6. The Morgan fingerprint density at radius 1 is 1.67 bits per heavy atom. The second-order valence-corrected chi connectivity index (χ2v) is 2.84. The van der Waals surface area contributed by atoms with Crippen LogP contribution in [-0.2, 0) is 4.79 Å². The second-order valence-electron chi connectivity index (χ2n) is 2.84. The predicted octanol–water partition coefficient (Wildman–Crippen LogP) is 1.15. The molecule has 0 radical (unpaired) electrons. The molecule has 0 aliphatic rings. The number of aryl methyl sites for hydroxylation is 1. The molecule has 4 nitrogen and oxygen atoms in total. The fourth-order valence-corrected chi connectivity index (χ4v) is 1.03. The third kappa shape index (κ3) is 1.32. The van der Waals surface area contributed by atoms with Gasteiger partial charge < -0.3 is 9.67 Å². The average molecular weight is 168 g/mol. The minimum absolute atomic E-state index is 0.536. The lowest BCUT2D eigenvalue weighted by molar-refractivity contribution is -0.140. The summed E-state index contributed by atoms with van der Waals surface area (Å²) >= 11 is 0. The Bertz CT molecular complexity index is 304. The van der Waals surface area contributed by atoms with Crippen LogP contribution in [0.3, 0.4) is 0 Å². The maximum Gasteiger partial charge on any atom is 0.326 e. The van der Waals surface area contributed by atoms with E-state index in [1.807, 2.05) is 13.8 Å². The number of imidazole rings is 1. The van der Waals surface area contributed by atoms with Crippen LogP contribution in [0, 0.1) is 13.8 Å². The molecule has 0 saturated heterocycles. The molecule has 0 saturated carbocycles. The van der Waals surface area contributed by atoms with Crippen LogP contribution in [0.4, 0.5) is 0 Å². The van der Waals surface area contributed by atoms with Crippen LogP contribution < -0.4 is 0 Å². The molecule has 1 atom stereocenters. The molecule has 1 rings (SSSR count). The van der Waals surface area contributed by atoms with Gasteiger partial charge in [-0.25, -0.2) is 9.78 Å². The molecule has 12 heavy (non-hydrogen) atoms. The van der Waals surface area contributed by atoms with Crippen molar-refractivity contribution in [3.8, 4) is 0 Å². The number of aromatic nitrogens is 2. The van der Waals surface area contributed by atoms with Crippen molar-refractivity contribution in [1.29, 1.82) is 0 Å². The lowest BCUT2D eigenvalue weighted by Gasteiger charge is -2.09. The maximum absolute atomic E-state index is 10.6. The lowest BCUT2D eigenvalue weighted by Crippen LogP contribution is -2.15. The quantitative estimate of drug-likeness (QED) is 0.720. The second kappa shape index (κ2) is 2.97. The molecular weight excluding hydrogens is 156 g/mol. The Labute approximate surface area is 70.9 Å². The van der Waals surface area contributed by atoms with E-state index in [4.69, 9.17) is 5.11 Å². The van der Waals surface area contributed by atoms with Gasteiger partial charge in [0.25, 0.3) is 0 Å². The van der Waals surface area contributed by atoms with Gasteiger partial charge in [0.2, 0.25) is 0 Å². The first-order valence-electron chi connectivity index (χ1n) is 3.77. The van der Waals surface area contributed by atoms with Crippen molar-refractivity contribution >= 4 is 5.97 Å². The molecule has 1 heterocycles. The highest BCUT2D eigenvalue weighted by molar-refractivity contribution is 5.71. The Hall–Kier alpha value is -1.32. The molecular formula is C8H12N2O2. The summed E-state index contributed by atoms with van der Waals surface area (Å²) in [6.45, 7) is 5.36. The smallest absolute Gasteiger partial charge is 0.326 e. The fourth-order valence-electron chi connectivity index (χ4n) is 1.03. The molecule has 0 amide bonds. The van der Waals surface area contributed by atoms with Crippen molar-refractivity contribution in [2.24, 2.45) is 0 Å². The normalized spacial score (nSPS) is 12.9. The maximum atomic E-state index is 10.6. The van der Waals surface area contributed by atoms with Gasteiger partial charge in [0, 0.05) is 5.69 Å². The zero-order chi connectivity index (χ0) is 9.30. The molecule has 0 bridgehead atoms. The number of carboxylic acids is 1. The highest BCUT2D eigenvalue weighted by atomic mass is 16.4. The molecule has 1 aromatic heterocycles. The standard InChI is InChI=1S/C8H12N2O2/c1-5-6(2)10(4-9-5)7(3)8(11)12/h4,7H,1-3H3,(H,11,12)/t7-/m1/s1. The van der Waals surface area contributed by atoms with Crippen LogP contribution in [0.25, 0.3) is 0 Å². The molecule has 1 N–H and O–H groups in total. The third-order valence-corrected chi connectivity index (χ3v) is 2.06. The van der Waals surface area contributed by atoms with E-state index >= 15 is 0 Å². The van der Waals surface area contributed by atoms with Crippen molar-refractivity contribution in [3.63, 3.8) is 0 Å². The van der Waals surface area contributed by atoms with Crippen molar-refractivity contribution < 1.29 is 9.90 Å². The van der Waals surface area contributed by atoms with Crippen molar-refractivity contribution in [3.05, 3.63) is 17.7 Å². The minimum Gasteiger partial charge on any atom is -0.480 e. The summed E-state index contributed by atoms with van der Waals surface area (Å²) in [5.74, 6) is -0.837. The Balaban J connectivity index is 3.03. The molecule has 0 fully saturated rings. The van der Waals surface area contributed by atoms with E-state index in [2.05, 4.69) is 4.98 Å². The first-order valence-corrected chi connectivity index (χ1v) is 3.77. The molecule has 0 aliphatic heterocycles. The van der Waals surface area contributed by atoms with Crippen LogP contribution in [0.1, 0.15) is 24.4 Å². The van der Waals surface area contributed by atoms with Crippen molar-refractivity contribution in [2.75, 3.05) is 0 Å². The Kier molecular flexibility index (Phi) is 2.17. The summed E-state index contributed by atoms with van der Waals surface area (Å²) < 4.78 is 1.65. The van der Waals surface area contributed by atoms with E-state index in [9.17, 15) is 4.79 Å². The number of carboxylic acid groups (broad SMARTS) is 1. The fraction of sp³-hybridized carbons (Fsp3) is 0.500. The number of aliphatic carboxylic acids is 1. The molecule has 4 heteroatoms. The van der Waals surface area contributed by atoms with Gasteiger partial charge in [-0.1, -0.05) is 0 Å². The Morgan fingerprint density at radius 3 is 2.58 bits per heavy atom. The third-order valence-electron chi connectivity index (χ3n) is 2.06. The summed E-state index contributed by atoms with van der Waals surface area (Å²) in [5, 5.41) is 8.72. The largest absolute Gasteiger partial charge is 0.480 e. The van der Waals surface area contributed by atoms with Crippen molar-refractivity contribution in [1.82, 2.24) is 9.55 Å². The van der Waals surface area contributed by atoms with Crippen LogP contribution in [-0.4, -0.2) is 20.6 Å². The summed E-state index contributed by atoms with van der Waals surface area (Å²) in [6.07, 6.45) is 1.56. The minimum atomic E-state index is -0.837. The molecule has 0 aromatic carbocycles. The number of hydrogen-bond donors (Lipinski definition) is 1. The summed E-state index contributed by atoms with van der Waals surface area (Å²) in [6, 6.07) is -0.536. The number of rotatable bonds is 2. The number of hydrogen-bond acceptors (Lipinski definition) is 2. The van der Waals surface area contributed by atoms with E-state index in [0.29, 0.717) is 0 Å². The zero-order valence-electron chi connectivity index (χ0n) is 7.40. The van der Waals surface area contributed by atoms with Gasteiger partial charge in [0.1, 0.15) is 6.04 Å². The monoisotopic (exact) mass is 168 g/mol. The van der Waals surface area contributed by atoms with Crippen LogP contribution in [0.5, 0.6) is 0 Å². The lowest BCUT2D eigenvalue weighted by atomic mass is 10.3. The molecule has 0 aliphatic carbocycles. The SMILES string of the molecule is Cc1ncn([C@H](C)C(=O)O)c1C. The van der Waals surface area contributed by atoms with Crippen LogP contribution in [0.2, 0.25) is 0 Å². The summed E-state index contributed by atoms with van der Waals surface area (Å²) in [7, 11) is 0. The van der Waals surface area contributed by atoms with Gasteiger partial charge in [-0.05, 0) is 20.8 Å².